The second-order valence-corrected chi connectivity index (χ2v) is 14.9. The second-order valence-electron chi connectivity index (χ2n) is 14.9. The number of ether oxygens (including phenoxy) is 4. The molecule has 2 saturated heterocycles. The number of piperazine rings is 2. The Morgan fingerprint density at radius 3 is 1.11 bits per heavy atom. The summed E-state index contributed by atoms with van der Waals surface area (Å²) in [7, 11) is 0. The molecule has 0 atom stereocenters. The summed E-state index contributed by atoms with van der Waals surface area (Å²) in [5.41, 5.74) is 2.19. The first kappa shape index (κ1) is 44.2. The minimum Gasteiger partial charge on any atom is -0.457 e. The normalized spacial score (nSPS) is 14.1. The molecule has 0 aromatic heterocycles. The summed E-state index contributed by atoms with van der Waals surface area (Å²) in [6, 6.07) is 46.3. The quantitative estimate of drug-likeness (QED) is 0.0845. The van der Waals surface area contributed by atoms with Crippen LogP contribution in [0.3, 0.4) is 0 Å². The van der Waals surface area contributed by atoms with Crippen LogP contribution in [-0.2, 0) is 13.1 Å². The molecule has 0 spiro atoms. The summed E-state index contributed by atoms with van der Waals surface area (Å²) in [5, 5.41) is 21.4. The molecule has 16 nitrogen and oxygen atoms in total. The van der Waals surface area contributed by atoms with Gasteiger partial charge in [0.15, 0.2) is 0 Å². The Kier molecular flexibility index (Phi) is 15.1. The number of nitro benzene ring substituents is 2. The van der Waals surface area contributed by atoms with Crippen LogP contribution in [0.15, 0.2) is 158 Å². The lowest BCUT2D eigenvalue weighted by Crippen LogP contribution is -2.49. The highest BCUT2D eigenvalue weighted by Gasteiger charge is 2.24. The number of para-hydroxylation sites is 2. The molecule has 8 rings (SSSR count). The summed E-state index contributed by atoms with van der Waals surface area (Å²) >= 11 is 0. The van der Waals surface area contributed by atoms with E-state index < -0.39 is 22.0 Å². The van der Waals surface area contributed by atoms with Crippen molar-refractivity contribution in [3.63, 3.8) is 0 Å². The van der Waals surface area contributed by atoms with Crippen LogP contribution >= 0.6 is 0 Å². The molecular formula is C48H46N6O10. The molecular weight excluding hydrogens is 821 g/mol. The Balaban J connectivity index is 0.000000191. The van der Waals surface area contributed by atoms with Crippen molar-refractivity contribution in [2.75, 3.05) is 52.4 Å². The summed E-state index contributed by atoms with van der Waals surface area (Å²) in [5.74, 6) is 3.75. The predicted molar refractivity (Wildman–Crippen MR) is 238 cm³/mol. The molecule has 6 aromatic carbocycles. The molecule has 64 heavy (non-hydrogen) atoms. The van der Waals surface area contributed by atoms with Crippen LogP contribution in [0.2, 0.25) is 0 Å². The number of benzene rings is 6. The molecule has 0 aliphatic carbocycles. The van der Waals surface area contributed by atoms with Crippen LogP contribution in [0.25, 0.3) is 0 Å². The first-order chi connectivity index (χ1) is 31.1. The van der Waals surface area contributed by atoms with Crippen molar-refractivity contribution in [2.45, 2.75) is 13.1 Å². The molecule has 0 saturated carbocycles. The lowest BCUT2D eigenvalue weighted by molar-refractivity contribution is -0.385. The third-order valence-electron chi connectivity index (χ3n) is 10.3. The summed E-state index contributed by atoms with van der Waals surface area (Å²) in [4.78, 5) is 53.1. The van der Waals surface area contributed by atoms with Crippen molar-refractivity contribution in [3.8, 4) is 34.5 Å². The number of amides is 2. The van der Waals surface area contributed by atoms with Gasteiger partial charge in [0.05, 0.1) is 9.85 Å². The van der Waals surface area contributed by atoms with Gasteiger partial charge >= 0.3 is 12.2 Å². The van der Waals surface area contributed by atoms with Gasteiger partial charge in [-0.05, 0) is 83.9 Å². The van der Waals surface area contributed by atoms with E-state index in [4.69, 9.17) is 18.9 Å². The van der Waals surface area contributed by atoms with Gasteiger partial charge in [0.25, 0.3) is 11.4 Å². The number of non-ortho nitro benzene ring substituents is 2. The zero-order valence-electron chi connectivity index (χ0n) is 34.8. The third-order valence-corrected chi connectivity index (χ3v) is 10.3. The first-order valence-corrected chi connectivity index (χ1v) is 20.6. The topological polar surface area (TPSA) is 170 Å². The highest BCUT2D eigenvalue weighted by Crippen LogP contribution is 2.25. The van der Waals surface area contributed by atoms with E-state index in [2.05, 4.69) is 21.9 Å². The highest BCUT2D eigenvalue weighted by atomic mass is 16.6. The summed E-state index contributed by atoms with van der Waals surface area (Å²) < 4.78 is 22.5. The van der Waals surface area contributed by atoms with Crippen molar-refractivity contribution < 1.29 is 38.4 Å². The average Bonchev–Trinajstić information content (AvgIpc) is 3.31. The van der Waals surface area contributed by atoms with Crippen LogP contribution in [0.1, 0.15) is 11.1 Å². The minimum atomic E-state index is -0.492. The predicted octanol–water partition coefficient (Wildman–Crippen LogP) is 9.41. The molecule has 2 amide bonds. The van der Waals surface area contributed by atoms with Gasteiger partial charge in [0, 0.05) is 89.7 Å². The maximum atomic E-state index is 12.4. The number of carbonyl (C=O) groups is 2. The smallest absolute Gasteiger partial charge is 0.415 e. The second kappa shape index (κ2) is 21.8. The molecule has 0 radical (unpaired) electrons. The number of hydrogen-bond acceptors (Lipinski definition) is 12. The van der Waals surface area contributed by atoms with E-state index in [0.717, 1.165) is 73.4 Å². The SMILES string of the molecule is O=C(Oc1ccc([N+](=O)[O-])cc1)N1CCN(Cc2cccc(Oc3ccccc3)c2)CC1.O=C(Oc1ccc([N+](=O)[O-])cc1)N1CCN(Cc2cccc(Oc3ccccc3)c2)CC1. The molecule has 2 aliphatic heterocycles. The van der Waals surface area contributed by atoms with E-state index in [0.29, 0.717) is 37.7 Å². The van der Waals surface area contributed by atoms with E-state index in [1.807, 2.05) is 97.1 Å². The van der Waals surface area contributed by atoms with E-state index in [1.54, 1.807) is 9.80 Å². The number of nitro groups is 2. The van der Waals surface area contributed by atoms with Gasteiger partial charge in [-0.2, -0.15) is 0 Å². The van der Waals surface area contributed by atoms with Gasteiger partial charge in [-0.25, -0.2) is 9.59 Å². The Morgan fingerprint density at radius 2 is 0.766 bits per heavy atom. The van der Waals surface area contributed by atoms with Crippen molar-refractivity contribution >= 4 is 23.6 Å². The van der Waals surface area contributed by atoms with Gasteiger partial charge in [0.2, 0.25) is 0 Å². The molecule has 2 aliphatic rings. The van der Waals surface area contributed by atoms with Crippen LogP contribution in [0.5, 0.6) is 34.5 Å². The highest BCUT2D eigenvalue weighted by molar-refractivity contribution is 5.71. The van der Waals surface area contributed by atoms with E-state index in [9.17, 15) is 29.8 Å². The molecule has 16 heteroatoms. The monoisotopic (exact) mass is 866 g/mol. The Labute approximate surface area is 369 Å². The number of rotatable bonds is 12. The van der Waals surface area contributed by atoms with Crippen molar-refractivity contribution in [3.05, 3.63) is 189 Å². The number of carbonyl (C=O) groups excluding carboxylic acids is 2. The Hall–Kier alpha value is -7.82. The van der Waals surface area contributed by atoms with E-state index in [-0.39, 0.29) is 11.4 Å². The molecule has 2 fully saturated rings. The minimum absolute atomic E-state index is 0.0448. The maximum absolute atomic E-state index is 12.4. The molecule has 0 unspecified atom stereocenters. The fourth-order valence-corrected chi connectivity index (χ4v) is 6.96. The fourth-order valence-electron chi connectivity index (χ4n) is 6.96. The largest absolute Gasteiger partial charge is 0.457 e. The third kappa shape index (κ3) is 13.1. The van der Waals surface area contributed by atoms with Gasteiger partial charge in [-0.15, -0.1) is 0 Å². The van der Waals surface area contributed by atoms with E-state index in [1.165, 1.54) is 48.5 Å². The van der Waals surface area contributed by atoms with Gasteiger partial charge < -0.3 is 28.7 Å². The molecule has 2 heterocycles. The van der Waals surface area contributed by atoms with Gasteiger partial charge in [-0.1, -0.05) is 60.7 Å². The van der Waals surface area contributed by atoms with E-state index >= 15 is 0 Å². The summed E-state index contributed by atoms with van der Waals surface area (Å²) in [6.45, 7) is 6.60. The van der Waals surface area contributed by atoms with Crippen molar-refractivity contribution in [1.82, 2.24) is 19.6 Å². The standard InChI is InChI=1S/2C24H23N3O5/c2*28-24(32-22-11-9-20(10-12-22)27(29)30)26-15-13-25(14-16-26)18-19-5-4-8-23(17-19)31-21-6-2-1-3-7-21/h2*1-12,17H,13-16,18H2. The van der Waals surface area contributed by atoms with Crippen molar-refractivity contribution in [2.24, 2.45) is 0 Å². The van der Waals surface area contributed by atoms with Crippen LogP contribution in [0.4, 0.5) is 21.0 Å². The molecule has 6 aromatic rings. The summed E-state index contributed by atoms with van der Waals surface area (Å²) in [6.07, 6.45) is -0.895. The molecule has 0 bridgehead atoms. The van der Waals surface area contributed by atoms with Gasteiger partial charge in [0.1, 0.15) is 34.5 Å². The van der Waals surface area contributed by atoms with Crippen LogP contribution in [0, 0.1) is 20.2 Å². The number of hydrogen-bond donors (Lipinski definition) is 0. The fraction of sp³-hybridized carbons (Fsp3) is 0.208. The molecule has 328 valence electrons. The maximum Gasteiger partial charge on any atom is 0.415 e. The zero-order chi connectivity index (χ0) is 44.7. The Morgan fingerprint density at radius 1 is 0.422 bits per heavy atom. The number of nitrogens with zero attached hydrogens (tertiary/aromatic N) is 6. The van der Waals surface area contributed by atoms with Gasteiger partial charge in [-0.3, -0.25) is 30.0 Å². The lowest BCUT2D eigenvalue weighted by atomic mass is 10.2. The molecule has 0 N–H and O–H groups in total. The first-order valence-electron chi connectivity index (χ1n) is 20.6. The van der Waals surface area contributed by atoms with Crippen LogP contribution < -0.4 is 18.9 Å². The van der Waals surface area contributed by atoms with Crippen LogP contribution in [-0.4, -0.2) is 94.0 Å². The average molecular weight is 867 g/mol. The zero-order valence-corrected chi connectivity index (χ0v) is 34.8. The Bertz CT molecular complexity index is 2300. The van der Waals surface area contributed by atoms with Crippen molar-refractivity contribution in [1.29, 1.82) is 0 Å². The lowest BCUT2D eigenvalue weighted by Gasteiger charge is -2.34.